The number of hydrogen-bond donors (Lipinski definition) is 2. The first-order chi connectivity index (χ1) is 12.5. The summed E-state index contributed by atoms with van der Waals surface area (Å²) < 4.78 is 28.9. The first-order valence-corrected chi connectivity index (χ1v) is 11.9. The summed E-state index contributed by atoms with van der Waals surface area (Å²) in [5.41, 5.74) is 0. The van der Waals surface area contributed by atoms with Gasteiger partial charge in [-0.05, 0) is 19.3 Å². The number of sulfone groups is 1. The van der Waals surface area contributed by atoms with E-state index in [2.05, 4.69) is 29.4 Å². The first kappa shape index (κ1) is 24.9. The quantitative estimate of drug-likeness (QED) is 0.289. The Morgan fingerprint density at radius 2 is 1.89 bits per heavy atom. The third-order valence-corrected chi connectivity index (χ3v) is 7.23. The molecule has 0 aromatic heterocycles. The molecule has 0 saturated carbocycles. The van der Waals surface area contributed by atoms with E-state index in [-0.39, 0.29) is 41.5 Å². The van der Waals surface area contributed by atoms with Gasteiger partial charge in [0, 0.05) is 31.7 Å². The summed E-state index contributed by atoms with van der Waals surface area (Å²) in [6.07, 6.45) is 2.93. The van der Waals surface area contributed by atoms with Crippen LogP contribution in [0, 0.1) is 5.92 Å². The van der Waals surface area contributed by atoms with E-state index >= 15 is 0 Å². The van der Waals surface area contributed by atoms with Crippen molar-refractivity contribution >= 4 is 39.8 Å². The average Bonchev–Trinajstić information content (AvgIpc) is 2.98. The molecule has 2 aliphatic rings. The monoisotopic (exact) mass is 516 g/mol. The summed E-state index contributed by atoms with van der Waals surface area (Å²) in [4.78, 5) is 7.34. The van der Waals surface area contributed by atoms with Gasteiger partial charge in [-0.3, -0.25) is 9.89 Å². The van der Waals surface area contributed by atoms with Gasteiger partial charge >= 0.3 is 0 Å². The molecule has 0 aromatic rings. The van der Waals surface area contributed by atoms with Gasteiger partial charge in [-0.25, -0.2) is 8.42 Å². The van der Waals surface area contributed by atoms with Crippen LogP contribution in [0.3, 0.4) is 0 Å². The van der Waals surface area contributed by atoms with Crippen molar-refractivity contribution in [2.24, 2.45) is 10.9 Å². The molecule has 27 heavy (non-hydrogen) atoms. The molecule has 0 spiro atoms. The van der Waals surface area contributed by atoms with Crippen LogP contribution in [0.4, 0.5) is 0 Å². The lowest BCUT2D eigenvalue weighted by atomic mass is 9.92. The topological polar surface area (TPSA) is 83.0 Å². The number of aliphatic imine (C=N–C) groups is 1. The maximum absolute atomic E-state index is 11.7. The van der Waals surface area contributed by atoms with Gasteiger partial charge in [0.05, 0.1) is 31.3 Å². The van der Waals surface area contributed by atoms with Crippen molar-refractivity contribution in [1.82, 2.24) is 15.5 Å². The van der Waals surface area contributed by atoms with Crippen LogP contribution in [0.2, 0.25) is 0 Å². The fourth-order valence-electron chi connectivity index (χ4n) is 3.91. The Balaban J connectivity index is 0.00000364. The number of halogens is 1. The zero-order valence-corrected chi connectivity index (χ0v) is 20.1. The fraction of sp³-hybridized carbons (Fsp3) is 0.944. The van der Waals surface area contributed by atoms with E-state index in [9.17, 15) is 8.42 Å². The highest BCUT2D eigenvalue weighted by atomic mass is 127. The number of hydrogen-bond acceptors (Lipinski definition) is 5. The van der Waals surface area contributed by atoms with Gasteiger partial charge in [0.1, 0.15) is 0 Å². The van der Waals surface area contributed by atoms with Crippen LogP contribution in [0.1, 0.15) is 40.0 Å². The molecule has 2 saturated heterocycles. The highest BCUT2D eigenvalue weighted by Gasteiger charge is 2.29. The summed E-state index contributed by atoms with van der Waals surface area (Å²) in [6.45, 7) is 11.5. The Labute approximate surface area is 182 Å². The molecule has 0 aromatic carbocycles. The lowest BCUT2D eigenvalue weighted by molar-refractivity contribution is 0.00395. The fourth-order valence-corrected chi connectivity index (χ4v) is 5.59. The van der Waals surface area contributed by atoms with Crippen molar-refractivity contribution in [2.75, 3.05) is 50.9 Å². The molecule has 2 unspecified atom stereocenters. The van der Waals surface area contributed by atoms with E-state index in [4.69, 9.17) is 9.73 Å². The molecule has 0 aliphatic carbocycles. The van der Waals surface area contributed by atoms with Crippen LogP contribution in [0.5, 0.6) is 0 Å². The molecule has 2 N–H and O–H groups in total. The molecule has 2 heterocycles. The summed E-state index contributed by atoms with van der Waals surface area (Å²) in [5, 5.41) is 6.59. The number of ether oxygens (including phenoxy) is 1. The normalized spacial score (nSPS) is 24.4. The lowest BCUT2D eigenvalue weighted by Gasteiger charge is -2.38. The minimum Gasteiger partial charge on any atom is -0.379 e. The first-order valence-electron chi connectivity index (χ1n) is 10.1. The molecule has 160 valence electrons. The van der Waals surface area contributed by atoms with Crippen molar-refractivity contribution in [3.63, 3.8) is 0 Å². The van der Waals surface area contributed by atoms with E-state index in [0.29, 0.717) is 18.4 Å². The summed E-state index contributed by atoms with van der Waals surface area (Å²) in [5.74, 6) is 1.82. The van der Waals surface area contributed by atoms with Gasteiger partial charge in [0.25, 0.3) is 0 Å². The van der Waals surface area contributed by atoms with Crippen LogP contribution in [0.25, 0.3) is 0 Å². The highest BCUT2D eigenvalue weighted by molar-refractivity contribution is 14.0. The molecule has 2 atom stereocenters. The van der Waals surface area contributed by atoms with Crippen molar-refractivity contribution in [2.45, 2.75) is 52.1 Å². The molecular formula is C18H37IN4O3S. The summed E-state index contributed by atoms with van der Waals surface area (Å²) >= 11 is 0. The third-order valence-electron chi connectivity index (χ3n) is 5.46. The van der Waals surface area contributed by atoms with Gasteiger partial charge in [-0.2, -0.15) is 0 Å². The number of nitrogens with one attached hydrogen (secondary N) is 2. The molecule has 9 heteroatoms. The van der Waals surface area contributed by atoms with Gasteiger partial charge in [-0.1, -0.05) is 26.7 Å². The second-order valence-electron chi connectivity index (χ2n) is 7.26. The number of guanidine groups is 1. The SMILES string of the molecule is CCNC(=NCC(C(CC)CC)N1CCOCC1)NC1CCS(=O)(=O)C1.I. The maximum atomic E-state index is 11.7. The van der Waals surface area contributed by atoms with E-state index < -0.39 is 9.84 Å². The molecule has 2 rings (SSSR count). The molecular weight excluding hydrogens is 479 g/mol. The van der Waals surface area contributed by atoms with Crippen LogP contribution in [0.15, 0.2) is 4.99 Å². The molecule has 0 bridgehead atoms. The average molecular weight is 516 g/mol. The lowest BCUT2D eigenvalue weighted by Crippen LogP contribution is -2.49. The van der Waals surface area contributed by atoms with E-state index in [0.717, 1.165) is 58.2 Å². The van der Waals surface area contributed by atoms with E-state index in [1.807, 2.05) is 6.92 Å². The van der Waals surface area contributed by atoms with Crippen molar-refractivity contribution < 1.29 is 13.2 Å². The van der Waals surface area contributed by atoms with Crippen LogP contribution in [-0.2, 0) is 14.6 Å². The molecule has 7 nitrogen and oxygen atoms in total. The minimum atomic E-state index is -2.89. The van der Waals surface area contributed by atoms with Crippen LogP contribution in [-0.4, -0.2) is 82.3 Å². The Hall–Kier alpha value is -0.130. The predicted molar refractivity (Wildman–Crippen MR) is 122 cm³/mol. The van der Waals surface area contributed by atoms with Crippen molar-refractivity contribution in [3.8, 4) is 0 Å². The molecule has 0 radical (unpaired) electrons. The minimum absolute atomic E-state index is 0. The summed E-state index contributed by atoms with van der Waals surface area (Å²) in [6, 6.07) is 0.365. The van der Waals surface area contributed by atoms with Gasteiger partial charge in [-0.15, -0.1) is 24.0 Å². The zero-order chi connectivity index (χ0) is 19.0. The van der Waals surface area contributed by atoms with E-state index in [1.165, 1.54) is 0 Å². The standard InChI is InChI=1S/C18H36N4O3S.HI/c1-4-15(5-2)17(22-8-10-25-11-9-22)13-20-18(19-6-3)21-16-7-12-26(23,24)14-16;/h15-17H,4-14H2,1-3H3,(H2,19,20,21);1H. The number of nitrogens with zero attached hydrogens (tertiary/aromatic N) is 2. The van der Waals surface area contributed by atoms with Crippen LogP contribution >= 0.6 is 24.0 Å². The molecule has 2 fully saturated rings. The van der Waals surface area contributed by atoms with Gasteiger partial charge in [0.15, 0.2) is 15.8 Å². The number of morpholine rings is 1. The smallest absolute Gasteiger partial charge is 0.191 e. The second-order valence-corrected chi connectivity index (χ2v) is 9.48. The van der Waals surface area contributed by atoms with Crippen molar-refractivity contribution in [3.05, 3.63) is 0 Å². The number of rotatable bonds is 8. The Bertz CT molecular complexity index is 549. The van der Waals surface area contributed by atoms with Gasteiger partial charge in [0.2, 0.25) is 0 Å². The Morgan fingerprint density at radius 3 is 2.41 bits per heavy atom. The highest BCUT2D eigenvalue weighted by Crippen LogP contribution is 2.20. The van der Waals surface area contributed by atoms with Gasteiger partial charge < -0.3 is 15.4 Å². The Morgan fingerprint density at radius 1 is 1.22 bits per heavy atom. The molecule has 2 aliphatic heterocycles. The third kappa shape index (κ3) is 8.02. The zero-order valence-electron chi connectivity index (χ0n) is 16.9. The summed E-state index contributed by atoms with van der Waals surface area (Å²) in [7, 11) is -2.89. The van der Waals surface area contributed by atoms with Crippen LogP contribution < -0.4 is 10.6 Å². The largest absolute Gasteiger partial charge is 0.379 e. The van der Waals surface area contributed by atoms with E-state index in [1.54, 1.807) is 0 Å². The predicted octanol–water partition coefficient (Wildman–Crippen LogP) is 1.48. The molecule has 0 amide bonds. The maximum Gasteiger partial charge on any atom is 0.191 e. The second kappa shape index (κ2) is 12.4. The van der Waals surface area contributed by atoms with Crippen molar-refractivity contribution in [1.29, 1.82) is 0 Å². The Kier molecular flexibility index (Phi) is 11.5.